The molecule has 0 spiro atoms. The van der Waals surface area contributed by atoms with Crippen molar-refractivity contribution in [2.24, 2.45) is 0 Å². The van der Waals surface area contributed by atoms with Crippen molar-refractivity contribution in [3.8, 4) is 0 Å². The van der Waals surface area contributed by atoms with Crippen LogP contribution in [0.4, 0.5) is 0 Å². The van der Waals surface area contributed by atoms with Gasteiger partial charge in [-0.3, -0.25) is 0 Å². The van der Waals surface area contributed by atoms with Gasteiger partial charge in [0.05, 0.1) is 4.90 Å². The summed E-state index contributed by atoms with van der Waals surface area (Å²) in [6.07, 6.45) is 3.03. The molecule has 5 heteroatoms. The van der Waals surface area contributed by atoms with Crippen LogP contribution in [-0.4, -0.2) is 21.5 Å². The molecular formula is C12H18N2O2S. The summed E-state index contributed by atoms with van der Waals surface area (Å²) in [5, 5.41) is 3.03. The average molecular weight is 254 g/mol. The molecule has 0 heterocycles. The molecule has 0 bridgehead atoms. The second-order valence-corrected chi connectivity index (χ2v) is 6.14. The Morgan fingerprint density at radius 3 is 2.35 bits per heavy atom. The summed E-state index contributed by atoms with van der Waals surface area (Å²) in [4.78, 5) is 0.351. The molecule has 1 aliphatic carbocycles. The van der Waals surface area contributed by atoms with Gasteiger partial charge < -0.3 is 5.32 Å². The molecule has 0 aliphatic heterocycles. The Labute approximate surface area is 102 Å². The number of hydrogen-bond acceptors (Lipinski definition) is 3. The number of benzene rings is 1. The second-order valence-electron chi connectivity index (χ2n) is 4.42. The van der Waals surface area contributed by atoms with E-state index in [9.17, 15) is 8.42 Å². The number of sulfonamides is 1. The highest BCUT2D eigenvalue weighted by Gasteiger charge is 2.24. The van der Waals surface area contributed by atoms with Crippen LogP contribution in [0, 0.1) is 0 Å². The van der Waals surface area contributed by atoms with Gasteiger partial charge in [-0.1, -0.05) is 18.6 Å². The lowest BCUT2D eigenvalue weighted by atomic mass is 9.94. The van der Waals surface area contributed by atoms with Crippen LogP contribution in [0.25, 0.3) is 0 Å². The first kappa shape index (κ1) is 12.5. The first-order valence-electron chi connectivity index (χ1n) is 5.88. The quantitative estimate of drug-likeness (QED) is 0.831. The third-order valence-corrected chi connectivity index (χ3v) is 4.58. The lowest BCUT2D eigenvalue weighted by Crippen LogP contribution is -2.39. The van der Waals surface area contributed by atoms with Crippen LogP contribution >= 0.6 is 0 Å². The van der Waals surface area contributed by atoms with Crippen LogP contribution in [0.5, 0.6) is 0 Å². The van der Waals surface area contributed by atoms with E-state index in [1.54, 1.807) is 12.1 Å². The Morgan fingerprint density at radius 1 is 1.24 bits per heavy atom. The van der Waals surface area contributed by atoms with E-state index in [2.05, 4.69) is 10.0 Å². The van der Waals surface area contributed by atoms with Gasteiger partial charge in [0, 0.05) is 12.6 Å². The molecular weight excluding hydrogens is 236 g/mol. The largest absolute Gasteiger partial charge is 0.316 e. The predicted octanol–water partition coefficient (Wildman–Crippen LogP) is 1.24. The van der Waals surface area contributed by atoms with Crippen LogP contribution in [-0.2, 0) is 16.6 Å². The number of hydrogen-bond donors (Lipinski definition) is 2. The number of nitrogens with one attached hydrogen (secondary N) is 2. The smallest absolute Gasteiger partial charge is 0.240 e. The molecule has 1 saturated carbocycles. The molecule has 0 saturated heterocycles. The molecule has 94 valence electrons. The van der Waals surface area contributed by atoms with Crippen molar-refractivity contribution in [2.45, 2.75) is 36.7 Å². The zero-order chi connectivity index (χ0) is 12.3. The van der Waals surface area contributed by atoms with Gasteiger partial charge in [0.25, 0.3) is 0 Å². The topological polar surface area (TPSA) is 58.2 Å². The van der Waals surface area contributed by atoms with Crippen molar-refractivity contribution in [3.05, 3.63) is 29.8 Å². The minimum Gasteiger partial charge on any atom is -0.316 e. The van der Waals surface area contributed by atoms with Gasteiger partial charge in [-0.2, -0.15) is 0 Å². The molecule has 4 nitrogen and oxygen atoms in total. The summed E-state index contributed by atoms with van der Waals surface area (Å²) in [5.41, 5.74) is 1.08. The van der Waals surface area contributed by atoms with Gasteiger partial charge in [-0.05, 0) is 37.6 Å². The summed E-state index contributed by atoms with van der Waals surface area (Å²) >= 11 is 0. The van der Waals surface area contributed by atoms with Crippen LogP contribution in [0.15, 0.2) is 29.2 Å². The third kappa shape index (κ3) is 3.06. The minimum absolute atomic E-state index is 0.136. The highest BCUT2D eigenvalue weighted by molar-refractivity contribution is 7.89. The first-order chi connectivity index (χ1) is 8.12. The number of rotatable bonds is 5. The van der Waals surface area contributed by atoms with Crippen molar-refractivity contribution in [2.75, 3.05) is 7.05 Å². The Bertz CT molecular complexity index is 464. The monoisotopic (exact) mass is 254 g/mol. The predicted molar refractivity (Wildman–Crippen MR) is 67.2 cm³/mol. The molecule has 1 aromatic carbocycles. The van der Waals surface area contributed by atoms with Crippen molar-refractivity contribution >= 4 is 10.0 Å². The van der Waals surface area contributed by atoms with Gasteiger partial charge in [0.15, 0.2) is 0 Å². The SMILES string of the molecule is CNCc1ccc(S(=O)(=O)NC2CCC2)cc1. The van der Waals surface area contributed by atoms with Crippen molar-refractivity contribution < 1.29 is 8.42 Å². The van der Waals surface area contributed by atoms with E-state index in [0.717, 1.165) is 31.4 Å². The fraction of sp³-hybridized carbons (Fsp3) is 0.500. The summed E-state index contributed by atoms with van der Waals surface area (Å²) < 4.78 is 26.7. The van der Waals surface area contributed by atoms with Crippen molar-refractivity contribution in [1.29, 1.82) is 0 Å². The Morgan fingerprint density at radius 2 is 1.88 bits per heavy atom. The maximum Gasteiger partial charge on any atom is 0.240 e. The Hall–Kier alpha value is -0.910. The maximum absolute atomic E-state index is 12.0. The molecule has 0 amide bonds. The molecule has 0 unspecified atom stereocenters. The molecule has 17 heavy (non-hydrogen) atoms. The summed E-state index contributed by atoms with van der Waals surface area (Å²) in [7, 11) is -1.46. The minimum atomic E-state index is -3.32. The lowest BCUT2D eigenvalue weighted by molar-refractivity contribution is 0.383. The van der Waals surface area contributed by atoms with E-state index < -0.39 is 10.0 Å². The average Bonchev–Trinajstić information content (AvgIpc) is 2.25. The molecule has 2 N–H and O–H groups in total. The van der Waals surface area contributed by atoms with Gasteiger partial charge in [-0.15, -0.1) is 0 Å². The second kappa shape index (κ2) is 5.16. The highest BCUT2D eigenvalue weighted by Crippen LogP contribution is 2.21. The van der Waals surface area contributed by atoms with Gasteiger partial charge in [0.2, 0.25) is 10.0 Å². The maximum atomic E-state index is 12.0. The standard InChI is InChI=1S/C12H18N2O2S/c1-13-9-10-5-7-12(8-6-10)17(15,16)14-11-3-2-4-11/h5-8,11,13-14H,2-4,9H2,1H3. The van der Waals surface area contributed by atoms with Crippen LogP contribution in [0.1, 0.15) is 24.8 Å². The molecule has 0 aromatic heterocycles. The molecule has 0 radical (unpaired) electrons. The molecule has 1 aliphatic rings. The van der Waals surface area contributed by atoms with Gasteiger partial charge in [0.1, 0.15) is 0 Å². The van der Waals surface area contributed by atoms with E-state index in [4.69, 9.17) is 0 Å². The van der Waals surface area contributed by atoms with Crippen molar-refractivity contribution in [1.82, 2.24) is 10.0 Å². The Balaban J connectivity index is 2.09. The lowest BCUT2D eigenvalue weighted by Gasteiger charge is -2.26. The summed E-state index contributed by atoms with van der Waals surface area (Å²) in [5.74, 6) is 0. The summed E-state index contributed by atoms with van der Waals surface area (Å²) in [6, 6.07) is 7.14. The van der Waals surface area contributed by atoms with E-state index in [1.165, 1.54) is 0 Å². The van der Waals surface area contributed by atoms with Crippen molar-refractivity contribution in [3.63, 3.8) is 0 Å². The molecule has 2 rings (SSSR count). The van der Waals surface area contributed by atoms with Crippen LogP contribution in [0.3, 0.4) is 0 Å². The van der Waals surface area contributed by atoms with E-state index in [-0.39, 0.29) is 6.04 Å². The fourth-order valence-electron chi connectivity index (χ4n) is 1.80. The third-order valence-electron chi connectivity index (χ3n) is 3.04. The zero-order valence-corrected chi connectivity index (χ0v) is 10.8. The van der Waals surface area contributed by atoms with Crippen LogP contribution in [0.2, 0.25) is 0 Å². The summed E-state index contributed by atoms with van der Waals surface area (Å²) in [6.45, 7) is 0.746. The highest BCUT2D eigenvalue weighted by atomic mass is 32.2. The molecule has 1 fully saturated rings. The molecule has 1 aromatic rings. The van der Waals surface area contributed by atoms with E-state index >= 15 is 0 Å². The zero-order valence-electron chi connectivity index (χ0n) is 9.94. The van der Waals surface area contributed by atoms with Gasteiger partial charge in [-0.25, -0.2) is 13.1 Å². The Kier molecular flexibility index (Phi) is 3.81. The molecule has 0 atom stereocenters. The fourth-order valence-corrected chi connectivity index (χ4v) is 3.11. The first-order valence-corrected chi connectivity index (χ1v) is 7.36. The van der Waals surface area contributed by atoms with E-state index in [0.29, 0.717) is 4.90 Å². The van der Waals surface area contributed by atoms with E-state index in [1.807, 2.05) is 19.2 Å². The van der Waals surface area contributed by atoms with Gasteiger partial charge >= 0.3 is 0 Å². The normalized spacial score (nSPS) is 16.8. The van der Waals surface area contributed by atoms with Crippen LogP contribution < -0.4 is 10.0 Å².